The second kappa shape index (κ2) is 5.60. The van der Waals surface area contributed by atoms with Crippen molar-refractivity contribution in [3.8, 4) is 0 Å². The summed E-state index contributed by atoms with van der Waals surface area (Å²) in [6, 6.07) is 0. The number of nitrogens with zero attached hydrogens (tertiary/aromatic N) is 1. The van der Waals surface area contributed by atoms with Gasteiger partial charge in [-0.15, -0.1) is 0 Å². The van der Waals surface area contributed by atoms with E-state index in [0.717, 1.165) is 0 Å². The molecule has 8 heteroatoms. The van der Waals surface area contributed by atoms with E-state index in [1.807, 2.05) is 0 Å². The lowest BCUT2D eigenvalue weighted by atomic mass is 10.0. The van der Waals surface area contributed by atoms with Crippen LogP contribution in [0.3, 0.4) is 0 Å². The molecule has 124 valence electrons. The monoisotopic (exact) mass is 314 g/mol. The number of carbonyl (C=O) groups is 2. The van der Waals surface area contributed by atoms with Crippen LogP contribution in [0.2, 0.25) is 0 Å². The summed E-state index contributed by atoms with van der Waals surface area (Å²) in [4.78, 5) is 27.7. The van der Waals surface area contributed by atoms with E-state index >= 15 is 0 Å². The molecule has 0 aliphatic carbocycles. The van der Waals surface area contributed by atoms with Gasteiger partial charge in [-0.05, 0) is 27.7 Å². The number of cyclic esters (lactones) is 1. The number of nitrogens with one attached hydrogen (secondary N) is 1. The molecule has 0 saturated carbocycles. The summed E-state index contributed by atoms with van der Waals surface area (Å²) >= 11 is 0. The molecule has 2 N–H and O–H groups in total. The highest BCUT2D eigenvalue weighted by atomic mass is 16.6. The molecule has 0 radical (unpaired) electrons. The van der Waals surface area contributed by atoms with Crippen LogP contribution in [0.1, 0.15) is 27.7 Å². The minimum Gasteiger partial charge on any atom is -0.460 e. The van der Waals surface area contributed by atoms with Gasteiger partial charge in [0, 0.05) is 0 Å². The van der Waals surface area contributed by atoms with E-state index in [4.69, 9.17) is 14.2 Å². The summed E-state index contributed by atoms with van der Waals surface area (Å²) in [5.74, 6) is -1.06. The lowest BCUT2D eigenvalue weighted by Crippen LogP contribution is -2.55. The molecule has 2 heterocycles. The lowest BCUT2D eigenvalue weighted by Gasteiger charge is -2.31. The Bertz CT molecular complexity index is 521. The number of hydrogen-bond acceptors (Lipinski definition) is 8. The molecular formula is C14H22N2O6. The number of aliphatic imine (C=N–C) groups is 1. The quantitative estimate of drug-likeness (QED) is 0.667. The largest absolute Gasteiger partial charge is 0.460 e. The van der Waals surface area contributed by atoms with E-state index in [0.29, 0.717) is 0 Å². The van der Waals surface area contributed by atoms with Crippen molar-refractivity contribution < 1.29 is 28.9 Å². The van der Waals surface area contributed by atoms with Crippen LogP contribution < -0.4 is 5.32 Å². The third kappa shape index (κ3) is 3.29. The average Bonchev–Trinajstić information content (AvgIpc) is 2.79. The Morgan fingerprint density at radius 3 is 2.64 bits per heavy atom. The fourth-order valence-corrected chi connectivity index (χ4v) is 2.39. The highest BCUT2D eigenvalue weighted by molar-refractivity contribution is 6.35. The molecule has 22 heavy (non-hydrogen) atoms. The average molecular weight is 314 g/mol. The van der Waals surface area contributed by atoms with Crippen molar-refractivity contribution in [2.45, 2.75) is 44.5 Å². The standard InChI is InChI=1S/C14H22N2O6/c1-9-10(18)20-6-13(3,15-9)7-21-11(19)14(4)16-12(2,5-17)8-22-14/h16-17H,5-8H2,1-4H3/t12-,13+,14+/m0/s1. The van der Waals surface area contributed by atoms with Crippen molar-refractivity contribution in [1.29, 1.82) is 0 Å². The zero-order chi connectivity index (χ0) is 16.6. The van der Waals surface area contributed by atoms with Crippen molar-refractivity contribution in [2.75, 3.05) is 26.4 Å². The third-order valence-corrected chi connectivity index (χ3v) is 3.72. The molecule has 0 amide bonds. The van der Waals surface area contributed by atoms with Crippen molar-refractivity contribution >= 4 is 17.7 Å². The fourth-order valence-electron chi connectivity index (χ4n) is 2.39. The molecule has 1 fully saturated rings. The highest BCUT2D eigenvalue weighted by Gasteiger charge is 2.49. The molecule has 2 aliphatic rings. The van der Waals surface area contributed by atoms with E-state index in [2.05, 4.69) is 10.3 Å². The summed E-state index contributed by atoms with van der Waals surface area (Å²) in [5.41, 5.74) is -2.56. The van der Waals surface area contributed by atoms with Crippen molar-refractivity contribution in [3.63, 3.8) is 0 Å². The minimum atomic E-state index is -1.32. The predicted octanol–water partition coefficient (Wildman–Crippen LogP) is -0.607. The van der Waals surface area contributed by atoms with Gasteiger partial charge >= 0.3 is 11.9 Å². The zero-order valence-electron chi connectivity index (χ0n) is 13.3. The van der Waals surface area contributed by atoms with E-state index < -0.39 is 28.7 Å². The summed E-state index contributed by atoms with van der Waals surface area (Å²) in [5, 5.41) is 12.2. The molecule has 0 aromatic heterocycles. The number of aliphatic hydroxyl groups is 1. The van der Waals surface area contributed by atoms with Crippen LogP contribution in [0.25, 0.3) is 0 Å². The van der Waals surface area contributed by atoms with Gasteiger partial charge < -0.3 is 19.3 Å². The van der Waals surface area contributed by atoms with Crippen LogP contribution in [0.5, 0.6) is 0 Å². The van der Waals surface area contributed by atoms with Crippen LogP contribution in [-0.4, -0.2) is 66.0 Å². The first-order valence-corrected chi connectivity index (χ1v) is 7.06. The molecule has 3 atom stereocenters. The number of esters is 2. The number of rotatable bonds is 4. The van der Waals surface area contributed by atoms with Crippen LogP contribution in [0.4, 0.5) is 0 Å². The molecule has 0 bridgehead atoms. The molecule has 8 nitrogen and oxygen atoms in total. The summed E-state index contributed by atoms with van der Waals surface area (Å²) in [6.45, 7) is 6.64. The van der Waals surface area contributed by atoms with Gasteiger partial charge in [-0.25, -0.2) is 9.59 Å². The first kappa shape index (κ1) is 16.9. The van der Waals surface area contributed by atoms with Crippen molar-refractivity contribution in [1.82, 2.24) is 5.32 Å². The van der Waals surface area contributed by atoms with Gasteiger partial charge in [-0.3, -0.25) is 10.3 Å². The van der Waals surface area contributed by atoms with Crippen LogP contribution in [-0.2, 0) is 23.8 Å². The first-order chi connectivity index (χ1) is 10.1. The molecule has 0 aromatic rings. The van der Waals surface area contributed by atoms with Gasteiger partial charge in [0.15, 0.2) is 0 Å². The first-order valence-electron chi connectivity index (χ1n) is 7.06. The maximum atomic E-state index is 12.3. The van der Waals surface area contributed by atoms with Crippen molar-refractivity contribution in [2.24, 2.45) is 4.99 Å². The van der Waals surface area contributed by atoms with Gasteiger partial charge in [-0.1, -0.05) is 0 Å². The number of ether oxygens (including phenoxy) is 3. The Morgan fingerprint density at radius 2 is 2.09 bits per heavy atom. The maximum absolute atomic E-state index is 12.3. The third-order valence-electron chi connectivity index (χ3n) is 3.72. The van der Waals surface area contributed by atoms with Crippen LogP contribution in [0, 0.1) is 0 Å². The SMILES string of the molecule is CC1=N[C@@](C)(COC(=O)[C@]2(C)N[C@@](C)(CO)CO2)COC1=O. The molecule has 2 rings (SSSR count). The van der Waals surface area contributed by atoms with Gasteiger partial charge in [-0.2, -0.15) is 0 Å². The molecule has 0 unspecified atom stereocenters. The van der Waals surface area contributed by atoms with Crippen LogP contribution in [0.15, 0.2) is 4.99 Å². The van der Waals surface area contributed by atoms with Gasteiger partial charge in [0.1, 0.15) is 24.5 Å². The minimum absolute atomic E-state index is 0.0348. The number of aliphatic hydroxyl groups excluding tert-OH is 1. The van der Waals surface area contributed by atoms with E-state index in [-0.39, 0.29) is 32.1 Å². The number of hydrogen-bond donors (Lipinski definition) is 2. The summed E-state index contributed by atoms with van der Waals surface area (Å²) in [7, 11) is 0. The zero-order valence-corrected chi connectivity index (χ0v) is 13.3. The molecule has 0 spiro atoms. The maximum Gasteiger partial charge on any atom is 0.353 e. The van der Waals surface area contributed by atoms with Gasteiger partial charge in [0.05, 0.1) is 18.8 Å². The van der Waals surface area contributed by atoms with Gasteiger partial charge in [0.2, 0.25) is 5.72 Å². The Hall–Kier alpha value is -1.51. The van der Waals surface area contributed by atoms with Crippen molar-refractivity contribution in [3.05, 3.63) is 0 Å². The molecule has 2 aliphatic heterocycles. The Labute approximate surface area is 128 Å². The van der Waals surface area contributed by atoms with E-state index in [9.17, 15) is 14.7 Å². The van der Waals surface area contributed by atoms with Gasteiger partial charge in [0.25, 0.3) is 0 Å². The smallest absolute Gasteiger partial charge is 0.353 e. The second-order valence-corrected chi connectivity index (χ2v) is 6.51. The van der Waals surface area contributed by atoms with E-state index in [1.54, 1.807) is 27.7 Å². The molecular weight excluding hydrogens is 292 g/mol. The van der Waals surface area contributed by atoms with E-state index in [1.165, 1.54) is 0 Å². The highest BCUT2D eigenvalue weighted by Crippen LogP contribution is 2.25. The van der Waals surface area contributed by atoms with Crippen LogP contribution >= 0.6 is 0 Å². The lowest BCUT2D eigenvalue weighted by molar-refractivity contribution is -0.169. The molecule has 1 saturated heterocycles. The Kier molecular flexibility index (Phi) is 4.29. The summed E-state index contributed by atoms with van der Waals surface area (Å²) < 4.78 is 15.7. The number of carbonyl (C=O) groups excluding carboxylic acids is 2. The molecule has 0 aromatic carbocycles. The second-order valence-electron chi connectivity index (χ2n) is 6.51. The summed E-state index contributed by atoms with van der Waals surface area (Å²) in [6.07, 6.45) is 0. The normalized spacial score (nSPS) is 38.4. The fraction of sp³-hybridized carbons (Fsp3) is 0.786. The predicted molar refractivity (Wildman–Crippen MR) is 76.4 cm³/mol. The Balaban J connectivity index is 1.98. The topological polar surface area (TPSA) is 106 Å². The Morgan fingerprint density at radius 1 is 1.41 bits per heavy atom.